The van der Waals surface area contributed by atoms with Gasteiger partial charge in [0.2, 0.25) is 0 Å². The van der Waals surface area contributed by atoms with E-state index >= 15 is 0 Å². The normalized spacial score (nSPS) is 15.0. The number of carboxylic acid groups (broad SMARTS) is 2. The van der Waals surface area contributed by atoms with Crippen molar-refractivity contribution in [3.8, 4) is 0 Å². The van der Waals surface area contributed by atoms with Crippen LogP contribution in [0.15, 0.2) is 23.9 Å². The van der Waals surface area contributed by atoms with Crippen LogP contribution in [0.5, 0.6) is 0 Å². The maximum absolute atomic E-state index is 11.2. The Balaban J connectivity index is 2.42. The third-order valence-electron chi connectivity index (χ3n) is 3.14. The molecule has 0 aromatic carbocycles. The van der Waals surface area contributed by atoms with Gasteiger partial charge in [-0.15, -0.1) is 0 Å². The molecule has 1 amide bonds. The van der Waals surface area contributed by atoms with Gasteiger partial charge in [0.25, 0.3) is 5.69 Å². The highest BCUT2D eigenvalue weighted by Crippen LogP contribution is 2.26. The lowest BCUT2D eigenvalue weighted by molar-refractivity contribution is -0.385. The van der Waals surface area contributed by atoms with Crippen molar-refractivity contribution in [2.75, 3.05) is 13.1 Å². The zero-order valence-corrected chi connectivity index (χ0v) is 10.7. The first-order chi connectivity index (χ1) is 9.90. The molecule has 1 aromatic rings. The van der Waals surface area contributed by atoms with Crippen LogP contribution in [-0.4, -0.2) is 50.2 Å². The maximum atomic E-state index is 11.2. The van der Waals surface area contributed by atoms with Crippen LogP contribution >= 0.6 is 0 Å². The fourth-order valence-corrected chi connectivity index (χ4v) is 2.07. The lowest BCUT2D eigenvalue weighted by Crippen LogP contribution is -2.36. The number of carbonyl (C=O) groups is 2. The summed E-state index contributed by atoms with van der Waals surface area (Å²) in [5.41, 5.74) is 0.339. The minimum atomic E-state index is -1.15. The molecule has 0 spiro atoms. The molecule has 1 aliphatic rings. The Labute approximate surface area is 118 Å². The van der Waals surface area contributed by atoms with Crippen LogP contribution in [0.25, 0.3) is 5.57 Å². The molecule has 1 aliphatic heterocycles. The minimum absolute atomic E-state index is 0.0651. The molecule has 0 saturated carbocycles. The second kappa shape index (κ2) is 5.57. The third kappa shape index (κ3) is 2.96. The summed E-state index contributed by atoms with van der Waals surface area (Å²) in [7, 11) is 0. The zero-order chi connectivity index (χ0) is 15.6. The fourth-order valence-electron chi connectivity index (χ4n) is 2.07. The van der Waals surface area contributed by atoms with Gasteiger partial charge < -0.3 is 15.1 Å². The quantitative estimate of drug-likeness (QED) is 0.631. The van der Waals surface area contributed by atoms with Crippen molar-refractivity contribution in [2.24, 2.45) is 0 Å². The minimum Gasteiger partial charge on any atom is -0.478 e. The summed E-state index contributed by atoms with van der Waals surface area (Å²) in [5.74, 6) is -1.14. The Morgan fingerprint density at radius 1 is 1.33 bits per heavy atom. The van der Waals surface area contributed by atoms with Crippen molar-refractivity contribution in [3.63, 3.8) is 0 Å². The monoisotopic (exact) mass is 293 g/mol. The van der Waals surface area contributed by atoms with Crippen LogP contribution in [0, 0.1) is 10.1 Å². The maximum Gasteiger partial charge on any atom is 0.407 e. The van der Waals surface area contributed by atoms with E-state index in [0.29, 0.717) is 0 Å². The Bertz CT molecular complexity index is 637. The van der Waals surface area contributed by atoms with E-state index in [1.165, 1.54) is 12.1 Å². The predicted octanol–water partition coefficient (Wildman–Crippen LogP) is 1.21. The molecule has 1 aromatic heterocycles. The molecule has 2 N–H and O–H groups in total. The van der Waals surface area contributed by atoms with Gasteiger partial charge in [0.15, 0.2) is 0 Å². The number of nitrogens with zero attached hydrogens (tertiary/aromatic N) is 3. The van der Waals surface area contributed by atoms with Gasteiger partial charge >= 0.3 is 12.1 Å². The van der Waals surface area contributed by atoms with Gasteiger partial charge in [-0.25, -0.2) is 14.6 Å². The standard InChI is InChI=1S/C12H11N3O6/c16-11(17)8-3-4-14(12(18)19)6-9(8)10-2-1-7(5-13-10)15(20)21/h1-2,5H,3-4,6H2,(H,16,17)(H,18,19). The molecule has 0 saturated heterocycles. The lowest BCUT2D eigenvalue weighted by atomic mass is 9.97. The first-order valence-corrected chi connectivity index (χ1v) is 5.94. The van der Waals surface area contributed by atoms with Gasteiger partial charge in [-0.3, -0.25) is 10.1 Å². The number of amides is 1. The van der Waals surface area contributed by atoms with Crippen molar-refractivity contribution in [3.05, 3.63) is 39.7 Å². The molecule has 0 atom stereocenters. The first kappa shape index (κ1) is 14.4. The molecule has 9 nitrogen and oxygen atoms in total. The topological polar surface area (TPSA) is 134 Å². The van der Waals surface area contributed by atoms with Gasteiger partial charge in [-0.05, 0) is 12.5 Å². The number of aromatic nitrogens is 1. The number of carboxylic acids is 1. The van der Waals surface area contributed by atoms with Crippen LogP contribution in [-0.2, 0) is 4.79 Å². The van der Waals surface area contributed by atoms with Crippen LogP contribution in [0.1, 0.15) is 12.1 Å². The second-order valence-electron chi connectivity index (χ2n) is 4.38. The van der Waals surface area contributed by atoms with Crippen molar-refractivity contribution in [1.29, 1.82) is 0 Å². The Hall–Kier alpha value is -2.97. The third-order valence-corrected chi connectivity index (χ3v) is 3.14. The summed E-state index contributed by atoms with van der Waals surface area (Å²) in [6, 6.07) is 2.52. The summed E-state index contributed by atoms with van der Waals surface area (Å²) in [6.45, 7) is -0.0186. The molecule has 2 rings (SSSR count). The van der Waals surface area contributed by atoms with Crippen molar-refractivity contribution in [2.45, 2.75) is 6.42 Å². The van der Waals surface area contributed by atoms with Crippen molar-refractivity contribution in [1.82, 2.24) is 9.88 Å². The largest absolute Gasteiger partial charge is 0.478 e. The molecular formula is C12H11N3O6. The molecule has 21 heavy (non-hydrogen) atoms. The molecule has 110 valence electrons. The summed E-state index contributed by atoms with van der Waals surface area (Å²) in [6.07, 6.45) is -0.0733. The summed E-state index contributed by atoms with van der Waals surface area (Å²) in [4.78, 5) is 37.1. The lowest BCUT2D eigenvalue weighted by Gasteiger charge is -2.27. The van der Waals surface area contributed by atoms with Gasteiger partial charge in [-0.1, -0.05) is 0 Å². The predicted molar refractivity (Wildman–Crippen MR) is 69.7 cm³/mol. The SMILES string of the molecule is O=C(O)C1=C(c2ccc([N+](=O)[O-])cn2)CN(C(=O)O)CC1. The summed E-state index contributed by atoms with van der Waals surface area (Å²) in [5, 5.41) is 28.7. The van der Waals surface area contributed by atoms with E-state index in [-0.39, 0.29) is 42.0 Å². The fraction of sp³-hybridized carbons (Fsp3) is 0.250. The highest BCUT2D eigenvalue weighted by atomic mass is 16.6. The second-order valence-corrected chi connectivity index (χ2v) is 4.38. The van der Waals surface area contributed by atoms with Crippen LogP contribution < -0.4 is 0 Å². The van der Waals surface area contributed by atoms with E-state index in [1.807, 2.05) is 0 Å². The van der Waals surface area contributed by atoms with E-state index in [0.717, 1.165) is 11.1 Å². The van der Waals surface area contributed by atoms with E-state index in [9.17, 15) is 24.8 Å². The molecule has 0 unspecified atom stereocenters. The van der Waals surface area contributed by atoms with Crippen molar-refractivity contribution >= 4 is 23.3 Å². The molecular weight excluding hydrogens is 282 g/mol. The van der Waals surface area contributed by atoms with Gasteiger partial charge in [0, 0.05) is 23.8 Å². The van der Waals surface area contributed by atoms with Crippen LogP contribution in [0.2, 0.25) is 0 Å². The molecule has 9 heteroatoms. The van der Waals surface area contributed by atoms with E-state index < -0.39 is 17.0 Å². The van der Waals surface area contributed by atoms with Crippen LogP contribution in [0.3, 0.4) is 0 Å². The Kier molecular flexibility index (Phi) is 3.83. The molecule has 2 heterocycles. The molecule has 0 aliphatic carbocycles. The number of hydrogen-bond acceptors (Lipinski definition) is 5. The molecule has 0 fully saturated rings. The first-order valence-electron chi connectivity index (χ1n) is 5.94. The smallest absolute Gasteiger partial charge is 0.407 e. The van der Waals surface area contributed by atoms with Gasteiger partial charge in [-0.2, -0.15) is 0 Å². The van der Waals surface area contributed by atoms with E-state index in [2.05, 4.69) is 4.98 Å². The number of nitro groups is 1. The highest BCUT2D eigenvalue weighted by Gasteiger charge is 2.27. The van der Waals surface area contributed by atoms with Gasteiger partial charge in [0.05, 0.1) is 17.2 Å². The van der Waals surface area contributed by atoms with E-state index in [1.54, 1.807) is 0 Å². The summed E-state index contributed by atoms with van der Waals surface area (Å²) < 4.78 is 0. The number of rotatable bonds is 3. The van der Waals surface area contributed by atoms with Gasteiger partial charge in [0.1, 0.15) is 6.20 Å². The summed E-state index contributed by atoms with van der Waals surface area (Å²) >= 11 is 0. The Morgan fingerprint density at radius 3 is 2.52 bits per heavy atom. The highest BCUT2D eigenvalue weighted by molar-refractivity contribution is 5.97. The van der Waals surface area contributed by atoms with Crippen molar-refractivity contribution < 1.29 is 24.7 Å². The molecule has 0 radical (unpaired) electrons. The van der Waals surface area contributed by atoms with Crippen LogP contribution in [0.4, 0.5) is 10.5 Å². The number of pyridine rings is 1. The number of hydrogen-bond donors (Lipinski definition) is 2. The number of aliphatic carboxylic acids is 1. The van der Waals surface area contributed by atoms with E-state index in [4.69, 9.17) is 5.11 Å². The average molecular weight is 293 g/mol. The average Bonchev–Trinajstić information content (AvgIpc) is 2.46. The zero-order valence-electron chi connectivity index (χ0n) is 10.7. The molecule has 0 bridgehead atoms. The Morgan fingerprint density at radius 2 is 2.05 bits per heavy atom.